The largest absolute Gasteiger partial charge is 0.497 e. The molecule has 1 heterocycles. The average molecular weight is 408 g/mol. The summed E-state index contributed by atoms with van der Waals surface area (Å²) in [6.07, 6.45) is -1.12. The molecule has 2 aromatic rings. The third-order valence-electron chi connectivity index (χ3n) is 4.57. The van der Waals surface area contributed by atoms with E-state index < -0.39 is 23.9 Å². The van der Waals surface area contributed by atoms with Gasteiger partial charge in [-0.15, -0.1) is 0 Å². The molecule has 1 saturated heterocycles. The number of hydrogen-bond donors (Lipinski definition) is 0. The van der Waals surface area contributed by atoms with Gasteiger partial charge in [0.2, 0.25) is 5.91 Å². The molecule has 2 unspecified atom stereocenters. The zero-order valence-corrected chi connectivity index (χ0v) is 16.1. The van der Waals surface area contributed by atoms with Crippen molar-refractivity contribution >= 4 is 23.5 Å². The lowest BCUT2D eigenvalue weighted by atomic mass is 9.96. The molecule has 3 rings (SSSR count). The van der Waals surface area contributed by atoms with E-state index in [0.717, 1.165) is 5.56 Å². The van der Waals surface area contributed by atoms with Crippen LogP contribution in [0.1, 0.15) is 17.2 Å². The number of esters is 1. The van der Waals surface area contributed by atoms with Crippen LogP contribution in [-0.4, -0.2) is 43.7 Å². The molecule has 2 atom stereocenters. The van der Waals surface area contributed by atoms with Crippen molar-refractivity contribution in [3.63, 3.8) is 0 Å². The summed E-state index contributed by atoms with van der Waals surface area (Å²) < 4.78 is 29.5. The number of nitrogens with zero attached hydrogens (tertiary/aromatic N) is 1. The maximum atomic E-state index is 14.1. The molecule has 0 N–H and O–H groups in total. The molecule has 0 saturated carbocycles. The third-order valence-corrected chi connectivity index (χ3v) is 4.97. The second kappa shape index (κ2) is 8.58. The second-order valence-electron chi connectivity index (χ2n) is 6.21. The number of halogens is 2. The number of methoxy groups -OCH3 is 2. The molecule has 8 heteroatoms. The Morgan fingerprint density at radius 1 is 1.25 bits per heavy atom. The third kappa shape index (κ3) is 3.95. The Morgan fingerprint density at radius 2 is 1.96 bits per heavy atom. The molecule has 0 spiro atoms. The van der Waals surface area contributed by atoms with Gasteiger partial charge in [-0.25, -0.2) is 9.18 Å². The van der Waals surface area contributed by atoms with E-state index >= 15 is 0 Å². The molecule has 0 aromatic heterocycles. The molecule has 0 bridgehead atoms. The summed E-state index contributed by atoms with van der Waals surface area (Å²) in [6.45, 7) is -0.115. The molecule has 1 aliphatic rings. The van der Waals surface area contributed by atoms with Gasteiger partial charge in [0.25, 0.3) is 0 Å². The van der Waals surface area contributed by atoms with Crippen molar-refractivity contribution in [2.45, 2.75) is 18.7 Å². The SMILES string of the molecule is COC(=O)C1OCC(=O)N(Cc2ccc(OC)cc2)C1c1cccc(F)c1Cl. The number of rotatable bonds is 5. The van der Waals surface area contributed by atoms with E-state index in [9.17, 15) is 14.0 Å². The first-order chi connectivity index (χ1) is 13.5. The number of benzene rings is 2. The fraction of sp³-hybridized carbons (Fsp3) is 0.300. The van der Waals surface area contributed by atoms with E-state index in [4.69, 9.17) is 25.8 Å². The van der Waals surface area contributed by atoms with Gasteiger partial charge >= 0.3 is 5.97 Å². The fourth-order valence-corrected chi connectivity index (χ4v) is 3.40. The smallest absolute Gasteiger partial charge is 0.337 e. The highest BCUT2D eigenvalue weighted by atomic mass is 35.5. The molecular formula is C20H19ClFNO5. The first-order valence-corrected chi connectivity index (χ1v) is 8.89. The van der Waals surface area contributed by atoms with E-state index in [2.05, 4.69) is 0 Å². The number of amides is 1. The van der Waals surface area contributed by atoms with Crippen LogP contribution in [0, 0.1) is 5.82 Å². The lowest BCUT2D eigenvalue weighted by Gasteiger charge is -2.40. The van der Waals surface area contributed by atoms with Gasteiger partial charge in [0.1, 0.15) is 18.2 Å². The minimum absolute atomic E-state index is 0.167. The van der Waals surface area contributed by atoms with Crippen molar-refractivity contribution < 1.29 is 28.2 Å². The zero-order chi connectivity index (χ0) is 20.3. The summed E-state index contributed by atoms with van der Waals surface area (Å²) in [4.78, 5) is 26.4. The molecule has 1 fully saturated rings. The standard InChI is InChI=1S/C20H19ClFNO5/c1-26-13-8-6-12(7-9-13)10-23-16(24)11-28-19(20(25)27-2)18(23)14-4-3-5-15(22)17(14)21/h3-9,18-19H,10-11H2,1-2H3. The Labute approximate surface area is 166 Å². The van der Waals surface area contributed by atoms with Crippen LogP contribution in [0.5, 0.6) is 5.75 Å². The maximum absolute atomic E-state index is 14.1. The predicted molar refractivity (Wildman–Crippen MR) is 99.5 cm³/mol. The van der Waals surface area contributed by atoms with Crippen molar-refractivity contribution in [1.82, 2.24) is 4.90 Å². The molecule has 1 aliphatic heterocycles. The Hall–Kier alpha value is -2.64. The Balaban J connectivity index is 2.02. The van der Waals surface area contributed by atoms with Crippen molar-refractivity contribution in [3.05, 3.63) is 64.4 Å². The van der Waals surface area contributed by atoms with Gasteiger partial charge in [-0.3, -0.25) is 4.79 Å². The molecule has 6 nitrogen and oxygen atoms in total. The monoisotopic (exact) mass is 407 g/mol. The highest BCUT2D eigenvalue weighted by Crippen LogP contribution is 2.37. The summed E-state index contributed by atoms with van der Waals surface area (Å²) in [7, 11) is 2.78. The number of carbonyl (C=O) groups is 2. The summed E-state index contributed by atoms with van der Waals surface area (Å²) in [5.74, 6) is -0.988. The maximum Gasteiger partial charge on any atom is 0.337 e. The molecule has 148 valence electrons. The minimum Gasteiger partial charge on any atom is -0.497 e. The van der Waals surface area contributed by atoms with Crippen molar-refractivity contribution in [2.24, 2.45) is 0 Å². The number of hydrogen-bond acceptors (Lipinski definition) is 5. The van der Waals surface area contributed by atoms with Crippen molar-refractivity contribution in [3.8, 4) is 5.75 Å². The van der Waals surface area contributed by atoms with Gasteiger partial charge < -0.3 is 19.1 Å². The lowest BCUT2D eigenvalue weighted by molar-refractivity contribution is -0.176. The van der Waals surface area contributed by atoms with E-state index in [1.54, 1.807) is 37.4 Å². The number of ether oxygens (including phenoxy) is 3. The van der Waals surface area contributed by atoms with Gasteiger partial charge in [-0.2, -0.15) is 0 Å². The van der Waals surface area contributed by atoms with Crippen LogP contribution in [0.25, 0.3) is 0 Å². The van der Waals surface area contributed by atoms with E-state index in [1.807, 2.05) is 0 Å². The first kappa shape index (κ1) is 20.1. The van der Waals surface area contributed by atoms with Crippen LogP contribution < -0.4 is 4.74 Å². The van der Waals surface area contributed by atoms with Crippen molar-refractivity contribution in [2.75, 3.05) is 20.8 Å². The molecule has 2 aromatic carbocycles. The summed E-state index contributed by atoms with van der Waals surface area (Å²) >= 11 is 6.16. The highest BCUT2D eigenvalue weighted by molar-refractivity contribution is 6.31. The molecule has 0 aliphatic carbocycles. The Bertz CT molecular complexity index is 873. The molecule has 28 heavy (non-hydrogen) atoms. The van der Waals surface area contributed by atoms with Crippen molar-refractivity contribution in [1.29, 1.82) is 0 Å². The van der Waals surface area contributed by atoms with Crippen LogP contribution in [-0.2, 0) is 25.6 Å². The van der Waals surface area contributed by atoms with Crippen LogP contribution >= 0.6 is 11.6 Å². The van der Waals surface area contributed by atoms with E-state index in [1.165, 1.54) is 24.1 Å². The normalized spacial score (nSPS) is 19.4. The lowest BCUT2D eigenvalue weighted by Crippen LogP contribution is -2.51. The Kier molecular flexibility index (Phi) is 6.16. The van der Waals surface area contributed by atoms with Gasteiger partial charge in [0.05, 0.1) is 25.3 Å². The summed E-state index contributed by atoms with van der Waals surface area (Å²) in [5.41, 5.74) is 1.08. The van der Waals surface area contributed by atoms with E-state index in [-0.39, 0.29) is 29.6 Å². The van der Waals surface area contributed by atoms with Crippen LogP contribution in [0.4, 0.5) is 4.39 Å². The minimum atomic E-state index is -1.12. The number of morpholine rings is 1. The van der Waals surface area contributed by atoms with Crippen LogP contribution in [0.2, 0.25) is 5.02 Å². The molecular weight excluding hydrogens is 389 g/mol. The summed E-state index contributed by atoms with van der Waals surface area (Å²) in [6, 6.07) is 10.4. The van der Waals surface area contributed by atoms with Gasteiger partial charge in [-0.05, 0) is 29.3 Å². The van der Waals surface area contributed by atoms with Crippen LogP contribution in [0.15, 0.2) is 42.5 Å². The second-order valence-corrected chi connectivity index (χ2v) is 6.59. The van der Waals surface area contributed by atoms with Crippen LogP contribution in [0.3, 0.4) is 0 Å². The van der Waals surface area contributed by atoms with Gasteiger partial charge in [0, 0.05) is 6.54 Å². The Morgan fingerprint density at radius 3 is 2.61 bits per heavy atom. The first-order valence-electron chi connectivity index (χ1n) is 8.52. The van der Waals surface area contributed by atoms with E-state index in [0.29, 0.717) is 5.75 Å². The molecule has 0 radical (unpaired) electrons. The topological polar surface area (TPSA) is 65.1 Å². The number of carbonyl (C=O) groups excluding carboxylic acids is 2. The predicted octanol–water partition coefficient (Wildman–Crippen LogP) is 3.13. The average Bonchev–Trinajstić information content (AvgIpc) is 2.71. The van der Waals surface area contributed by atoms with Gasteiger partial charge in [0.15, 0.2) is 6.10 Å². The fourth-order valence-electron chi connectivity index (χ4n) is 3.16. The quantitative estimate of drug-likeness (QED) is 0.712. The molecule has 1 amide bonds. The highest BCUT2D eigenvalue weighted by Gasteiger charge is 2.43. The zero-order valence-electron chi connectivity index (χ0n) is 15.4. The summed E-state index contributed by atoms with van der Waals surface area (Å²) in [5, 5.41) is -0.167. The van der Waals surface area contributed by atoms with Gasteiger partial charge in [-0.1, -0.05) is 35.9 Å².